The van der Waals surface area contributed by atoms with Crippen molar-refractivity contribution in [3.8, 4) is 5.75 Å². The van der Waals surface area contributed by atoms with Gasteiger partial charge < -0.3 is 4.74 Å². The second-order valence-corrected chi connectivity index (χ2v) is 5.86. The number of nitrogens with two attached hydrogens (primary N) is 1. The number of aryl methyl sites for hydroxylation is 1. The van der Waals surface area contributed by atoms with Crippen LogP contribution in [0.2, 0.25) is 0 Å². The molecule has 8 nitrogen and oxygen atoms in total. The molecule has 1 heterocycles. The van der Waals surface area contributed by atoms with Gasteiger partial charge in [0, 0.05) is 5.69 Å². The summed E-state index contributed by atoms with van der Waals surface area (Å²) in [5.74, 6) is 5.94. The van der Waals surface area contributed by atoms with Crippen LogP contribution in [-0.2, 0) is 10.0 Å². The predicted molar refractivity (Wildman–Crippen MR) is 78.4 cm³/mol. The smallest absolute Gasteiger partial charge is 0.264 e. The Kier molecular flexibility index (Phi) is 4.24. The van der Waals surface area contributed by atoms with Gasteiger partial charge in [-0.1, -0.05) is 0 Å². The van der Waals surface area contributed by atoms with E-state index in [4.69, 9.17) is 10.6 Å². The first-order valence-electron chi connectivity index (χ1n) is 5.92. The van der Waals surface area contributed by atoms with Gasteiger partial charge in [0.1, 0.15) is 10.6 Å². The van der Waals surface area contributed by atoms with Crippen LogP contribution in [0.15, 0.2) is 35.5 Å². The molecule has 0 unspecified atom stereocenters. The average Bonchev–Trinajstić information content (AvgIpc) is 2.47. The number of nitrogens with zero attached hydrogens (tertiary/aromatic N) is 2. The van der Waals surface area contributed by atoms with E-state index in [2.05, 4.69) is 20.1 Å². The summed E-state index contributed by atoms with van der Waals surface area (Å²) in [7, 11) is -2.21. The lowest BCUT2D eigenvalue weighted by Crippen LogP contribution is -2.15. The highest BCUT2D eigenvalue weighted by molar-refractivity contribution is 7.92. The molecule has 9 heteroatoms. The molecule has 4 N–H and O–H groups in total. The first-order valence-corrected chi connectivity index (χ1v) is 7.40. The number of aromatic nitrogens is 2. The number of nitrogens with one attached hydrogen (secondary N) is 2. The van der Waals surface area contributed by atoms with Crippen molar-refractivity contribution in [3.05, 3.63) is 36.2 Å². The van der Waals surface area contributed by atoms with E-state index in [1.165, 1.54) is 12.4 Å². The van der Waals surface area contributed by atoms with E-state index in [0.717, 1.165) is 5.56 Å². The van der Waals surface area contributed by atoms with E-state index < -0.39 is 10.0 Å². The Morgan fingerprint density at radius 3 is 2.43 bits per heavy atom. The van der Waals surface area contributed by atoms with Gasteiger partial charge in [0.05, 0.1) is 19.5 Å². The fourth-order valence-corrected chi connectivity index (χ4v) is 2.62. The molecule has 2 aromatic rings. The van der Waals surface area contributed by atoms with Crippen molar-refractivity contribution in [2.75, 3.05) is 17.3 Å². The molecule has 0 aliphatic carbocycles. The van der Waals surface area contributed by atoms with Crippen LogP contribution in [0.1, 0.15) is 5.56 Å². The van der Waals surface area contributed by atoms with Gasteiger partial charge in [0.15, 0.2) is 0 Å². The van der Waals surface area contributed by atoms with Crippen LogP contribution in [0, 0.1) is 6.92 Å². The standard InChI is InChI=1S/C12H15N5O3S/c1-8-5-9(3-4-11(8)20-2)17-21(18,19)10-6-14-12(16-13)15-7-10/h3-7,17H,13H2,1-2H3,(H,14,15,16). The zero-order valence-electron chi connectivity index (χ0n) is 11.5. The van der Waals surface area contributed by atoms with Crippen molar-refractivity contribution in [1.29, 1.82) is 0 Å². The molecule has 0 bridgehead atoms. The summed E-state index contributed by atoms with van der Waals surface area (Å²) in [5, 5.41) is 0. The summed E-state index contributed by atoms with van der Waals surface area (Å²) in [4.78, 5) is 7.47. The minimum atomic E-state index is -3.76. The number of nitrogen functional groups attached to an aromatic ring is 1. The van der Waals surface area contributed by atoms with E-state index >= 15 is 0 Å². The van der Waals surface area contributed by atoms with E-state index in [1.54, 1.807) is 25.3 Å². The maximum Gasteiger partial charge on any atom is 0.264 e. The molecule has 112 valence electrons. The normalized spacial score (nSPS) is 11.0. The summed E-state index contributed by atoms with van der Waals surface area (Å²) >= 11 is 0. The minimum absolute atomic E-state index is 0.0602. The minimum Gasteiger partial charge on any atom is -0.496 e. The van der Waals surface area contributed by atoms with Gasteiger partial charge in [-0.2, -0.15) is 0 Å². The first kappa shape index (κ1) is 15.0. The van der Waals surface area contributed by atoms with Crippen molar-refractivity contribution in [2.24, 2.45) is 5.84 Å². The highest BCUT2D eigenvalue weighted by Crippen LogP contribution is 2.23. The molecule has 0 aliphatic rings. The average molecular weight is 309 g/mol. The van der Waals surface area contributed by atoms with Crippen molar-refractivity contribution in [2.45, 2.75) is 11.8 Å². The van der Waals surface area contributed by atoms with Crippen LogP contribution >= 0.6 is 0 Å². The number of hydrogen-bond donors (Lipinski definition) is 3. The number of ether oxygens (including phenoxy) is 1. The molecular weight excluding hydrogens is 294 g/mol. The number of rotatable bonds is 5. The Bertz CT molecular complexity index is 731. The summed E-state index contributed by atoms with van der Waals surface area (Å²) in [6.45, 7) is 1.82. The maximum absolute atomic E-state index is 12.2. The molecule has 1 aromatic carbocycles. The fraction of sp³-hybridized carbons (Fsp3) is 0.167. The van der Waals surface area contributed by atoms with Crippen LogP contribution in [0.25, 0.3) is 0 Å². The van der Waals surface area contributed by atoms with Crippen LogP contribution in [0.4, 0.5) is 11.6 Å². The predicted octanol–water partition coefficient (Wildman–Crippen LogP) is 0.880. The lowest BCUT2D eigenvalue weighted by Gasteiger charge is -2.10. The highest BCUT2D eigenvalue weighted by Gasteiger charge is 2.16. The van der Waals surface area contributed by atoms with Crippen molar-refractivity contribution in [1.82, 2.24) is 9.97 Å². The number of hydrogen-bond acceptors (Lipinski definition) is 7. The Morgan fingerprint density at radius 1 is 1.24 bits per heavy atom. The molecule has 21 heavy (non-hydrogen) atoms. The Balaban J connectivity index is 2.26. The Hall–Kier alpha value is -2.39. The van der Waals surface area contributed by atoms with Gasteiger partial charge in [-0.05, 0) is 30.7 Å². The summed E-state index contributed by atoms with van der Waals surface area (Å²) in [5.41, 5.74) is 3.47. The number of hydrazine groups is 1. The third kappa shape index (κ3) is 3.38. The lowest BCUT2D eigenvalue weighted by molar-refractivity contribution is 0.412. The molecule has 0 saturated heterocycles. The second-order valence-electron chi connectivity index (χ2n) is 4.18. The number of anilines is 2. The van der Waals surface area contributed by atoms with Crippen LogP contribution in [0.5, 0.6) is 5.75 Å². The summed E-state index contributed by atoms with van der Waals surface area (Å²) in [6, 6.07) is 4.97. The van der Waals surface area contributed by atoms with Gasteiger partial charge in [0.2, 0.25) is 5.95 Å². The molecular formula is C12H15N5O3S. The van der Waals surface area contributed by atoms with E-state index in [9.17, 15) is 8.42 Å². The fourth-order valence-electron chi connectivity index (χ4n) is 1.69. The van der Waals surface area contributed by atoms with Gasteiger partial charge in [-0.25, -0.2) is 24.2 Å². The molecule has 0 fully saturated rings. The van der Waals surface area contributed by atoms with E-state index in [0.29, 0.717) is 11.4 Å². The largest absolute Gasteiger partial charge is 0.496 e. The molecule has 0 aliphatic heterocycles. The van der Waals surface area contributed by atoms with Gasteiger partial charge in [-0.15, -0.1) is 0 Å². The Morgan fingerprint density at radius 2 is 1.90 bits per heavy atom. The molecule has 0 radical (unpaired) electrons. The third-order valence-corrected chi connectivity index (χ3v) is 4.05. The monoisotopic (exact) mass is 309 g/mol. The second kappa shape index (κ2) is 5.94. The van der Waals surface area contributed by atoms with Gasteiger partial charge >= 0.3 is 0 Å². The Labute approximate surface area is 122 Å². The number of sulfonamides is 1. The van der Waals surface area contributed by atoms with Gasteiger partial charge in [-0.3, -0.25) is 10.1 Å². The van der Waals surface area contributed by atoms with Crippen molar-refractivity contribution < 1.29 is 13.2 Å². The van der Waals surface area contributed by atoms with E-state index in [1.807, 2.05) is 6.92 Å². The van der Waals surface area contributed by atoms with Crippen LogP contribution in [-0.4, -0.2) is 25.5 Å². The lowest BCUT2D eigenvalue weighted by atomic mass is 10.2. The van der Waals surface area contributed by atoms with Crippen LogP contribution < -0.4 is 20.7 Å². The van der Waals surface area contributed by atoms with Gasteiger partial charge in [0.25, 0.3) is 10.0 Å². The summed E-state index contributed by atoms with van der Waals surface area (Å²) in [6.07, 6.45) is 2.34. The molecule has 0 atom stereocenters. The molecule has 2 rings (SSSR count). The molecule has 0 saturated carbocycles. The molecule has 1 aromatic heterocycles. The zero-order chi connectivity index (χ0) is 15.5. The highest BCUT2D eigenvalue weighted by atomic mass is 32.2. The number of methoxy groups -OCH3 is 1. The quantitative estimate of drug-likeness (QED) is 0.554. The van der Waals surface area contributed by atoms with Crippen molar-refractivity contribution >= 4 is 21.7 Å². The maximum atomic E-state index is 12.2. The number of benzene rings is 1. The van der Waals surface area contributed by atoms with Crippen molar-refractivity contribution in [3.63, 3.8) is 0 Å². The first-order chi connectivity index (χ1) is 9.96. The SMILES string of the molecule is COc1ccc(NS(=O)(=O)c2cnc(NN)nc2)cc1C. The third-order valence-electron chi connectivity index (χ3n) is 2.71. The zero-order valence-corrected chi connectivity index (χ0v) is 12.3. The summed E-state index contributed by atoms with van der Waals surface area (Å²) < 4.78 is 32.0. The molecule has 0 amide bonds. The van der Waals surface area contributed by atoms with E-state index in [-0.39, 0.29) is 10.8 Å². The molecule has 0 spiro atoms. The topological polar surface area (TPSA) is 119 Å². The van der Waals surface area contributed by atoms with Crippen LogP contribution in [0.3, 0.4) is 0 Å².